The van der Waals surface area contributed by atoms with Crippen LogP contribution in [0.3, 0.4) is 0 Å². The van der Waals surface area contributed by atoms with Gasteiger partial charge in [0.15, 0.2) is 0 Å². The third-order valence-electron chi connectivity index (χ3n) is 5.31. The third-order valence-corrected chi connectivity index (χ3v) is 6.46. The lowest BCUT2D eigenvalue weighted by Gasteiger charge is -2.25. The summed E-state index contributed by atoms with van der Waals surface area (Å²) in [5, 5.41) is 3.42. The molecule has 2 nitrogen and oxygen atoms in total. The molecular weight excluding hydrogens is 420 g/mol. The number of hydrogen-bond donors (Lipinski definition) is 1. The summed E-state index contributed by atoms with van der Waals surface area (Å²) < 4.78 is 0. The van der Waals surface area contributed by atoms with Crippen molar-refractivity contribution >= 4 is 40.2 Å². The molecule has 0 radical (unpaired) electrons. The van der Waals surface area contributed by atoms with E-state index in [0.717, 1.165) is 0 Å². The Morgan fingerprint density at radius 2 is 0.727 bits per heavy atom. The second kappa shape index (κ2) is 10.1. The molecule has 0 unspecified atom stereocenters. The Hall–Kier alpha value is -3.95. The summed E-state index contributed by atoms with van der Waals surface area (Å²) in [6.45, 7) is 0. The SMILES string of the molecule is c1ccc(N(c2ccccc2)c2ccccc2)cc1.c1ccc2c(c1)Nc1ccccc1S2. The van der Waals surface area contributed by atoms with Gasteiger partial charge in [-0.3, -0.25) is 0 Å². The summed E-state index contributed by atoms with van der Waals surface area (Å²) in [7, 11) is 0. The van der Waals surface area contributed by atoms with Gasteiger partial charge in [0.25, 0.3) is 0 Å². The van der Waals surface area contributed by atoms with Crippen LogP contribution >= 0.6 is 11.8 Å². The number of rotatable bonds is 3. The van der Waals surface area contributed by atoms with Gasteiger partial charge >= 0.3 is 0 Å². The van der Waals surface area contributed by atoms with Crippen LogP contribution in [-0.2, 0) is 0 Å². The van der Waals surface area contributed by atoms with Crippen LogP contribution in [0.2, 0.25) is 0 Å². The average molecular weight is 445 g/mol. The fourth-order valence-electron chi connectivity index (χ4n) is 3.76. The van der Waals surface area contributed by atoms with Gasteiger partial charge in [-0.15, -0.1) is 0 Å². The van der Waals surface area contributed by atoms with Crippen molar-refractivity contribution < 1.29 is 0 Å². The fraction of sp³-hybridized carbons (Fsp3) is 0. The molecule has 1 aliphatic heterocycles. The molecule has 6 rings (SSSR count). The lowest BCUT2D eigenvalue weighted by molar-refractivity contribution is 1.28. The predicted octanol–water partition coefficient (Wildman–Crippen LogP) is 9.05. The summed E-state index contributed by atoms with van der Waals surface area (Å²) in [5.74, 6) is 0. The molecule has 33 heavy (non-hydrogen) atoms. The molecule has 0 atom stereocenters. The quantitative estimate of drug-likeness (QED) is 0.293. The first-order valence-corrected chi connectivity index (χ1v) is 11.8. The highest BCUT2D eigenvalue weighted by atomic mass is 32.2. The van der Waals surface area contributed by atoms with E-state index >= 15 is 0 Å². The van der Waals surface area contributed by atoms with E-state index in [0.29, 0.717) is 0 Å². The van der Waals surface area contributed by atoms with E-state index in [1.807, 2.05) is 30.0 Å². The standard InChI is InChI=1S/C18H15N.C12H9NS/c1-4-10-16(11-5-1)19(17-12-6-2-7-13-17)18-14-8-3-9-15-18;1-3-7-11-9(5-1)13-10-6-2-4-8-12(10)14-11/h1-15H;1-8,13H. The maximum absolute atomic E-state index is 3.42. The van der Waals surface area contributed by atoms with Crippen molar-refractivity contribution in [3.05, 3.63) is 140 Å². The molecule has 5 aromatic rings. The topological polar surface area (TPSA) is 15.3 Å². The molecule has 0 fully saturated rings. The maximum Gasteiger partial charge on any atom is 0.0526 e. The zero-order valence-electron chi connectivity index (χ0n) is 18.1. The Morgan fingerprint density at radius 1 is 0.394 bits per heavy atom. The van der Waals surface area contributed by atoms with E-state index in [9.17, 15) is 0 Å². The monoisotopic (exact) mass is 444 g/mol. The van der Waals surface area contributed by atoms with Crippen LogP contribution in [0.4, 0.5) is 28.4 Å². The number of nitrogens with one attached hydrogen (secondary N) is 1. The average Bonchev–Trinajstić information content (AvgIpc) is 2.90. The Kier molecular flexibility index (Phi) is 6.41. The van der Waals surface area contributed by atoms with Crippen molar-refractivity contribution in [2.24, 2.45) is 0 Å². The zero-order valence-corrected chi connectivity index (χ0v) is 19.0. The number of para-hydroxylation sites is 5. The van der Waals surface area contributed by atoms with Crippen molar-refractivity contribution in [2.75, 3.05) is 10.2 Å². The van der Waals surface area contributed by atoms with Crippen molar-refractivity contribution in [2.45, 2.75) is 9.79 Å². The summed E-state index contributed by atoms with van der Waals surface area (Å²) in [6, 6.07) is 48.0. The van der Waals surface area contributed by atoms with E-state index < -0.39 is 0 Å². The fourth-order valence-corrected chi connectivity index (χ4v) is 4.75. The minimum absolute atomic E-state index is 1.17. The number of nitrogens with zero attached hydrogens (tertiary/aromatic N) is 1. The van der Waals surface area contributed by atoms with E-state index in [-0.39, 0.29) is 0 Å². The first-order valence-electron chi connectivity index (χ1n) is 11.0. The lowest BCUT2D eigenvalue weighted by atomic mass is 10.2. The zero-order chi connectivity index (χ0) is 22.3. The van der Waals surface area contributed by atoms with E-state index in [2.05, 4.69) is 132 Å². The van der Waals surface area contributed by atoms with Gasteiger partial charge < -0.3 is 10.2 Å². The molecule has 5 aromatic carbocycles. The molecule has 3 heteroatoms. The van der Waals surface area contributed by atoms with Crippen molar-refractivity contribution in [3.8, 4) is 0 Å². The second-order valence-corrected chi connectivity index (χ2v) is 8.65. The van der Waals surface area contributed by atoms with E-state index in [1.165, 1.54) is 38.2 Å². The summed E-state index contributed by atoms with van der Waals surface area (Å²) in [5.41, 5.74) is 5.91. The Morgan fingerprint density at radius 3 is 1.12 bits per heavy atom. The van der Waals surface area contributed by atoms with Gasteiger partial charge in [-0.1, -0.05) is 90.6 Å². The normalized spacial score (nSPS) is 11.2. The highest BCUT2D eigenvalue weighted by Gasteiger charge is 2.13. The van der Waals surface area contributed by atoms with Crippen LogP contribution < -0.4 is 10.2 Å². The van der Waals surface area contributed by atoms with E-state index in [4.69, 9.17) is 0 Å². The van der Waals surface area contributed by atoms with Crippen LogP contribution in [-0.4, -0.2) is 0 Å². The molecule has 1 heterocycles. The van der Waals surface area contributed by atoms with Gasteiger partial charge in [-0.05, 0) is 60.7 Å². The Bertz CT molecular complexity index is 1120. The van der Waals surface area contributed by atoms with Crippen molar-refractivity contribution in [3.63, 3.8) is 0 Å². The number of hydrogen-bond acceptors (Lipinski definition) is 3. The molecule has 0 amide bonds. The molecule has 0 aliphatic carbocycles. The van der Waals surface area contributed by atoms with Crippen LogP contribution in [0.1, 0.15) is 0 Å². The predicted molar refractivity (Wildman–Crippen MR) is 141 cm³/mol. The first-order chi connectivity index (χ1) is 16.4. The van der Waals surface area contributed by atoms with Gasteiger partial charge in [0, 0.05) is 26.9 Å². The van der Waals surface area contributed by atoms with Crippen LogP contribution in [0.5, 0.6) is 0 Å². The van der Waals surface area contributed by atoms with Gasteiger partial charge in [-0.25, -0.2) is 0 Å². The van der Waals surface area contributed by atoms with Gasteiger partial charge in [-0.2, -0.15) is 0 Å². The second-order valence-electron chi connectivity index (χ2n) is 7.56. The van der Waals surface area contributed by atoms with Crippen LogP contribution in [0, 0.1) is 0 Å². The molecule has 0 aromatic heterocycles. The Balaban J connectivity index is 0.000000144. The smallest absolute Gasteiger partial charge is 0.0526 e. The molecule has 1 N–H and O–H groups in total. The molecule has 0 spiro atoms. The Labute approximate surface area is 199 Å². The summed E-state index contributed by atoms with van der Waals surface area (Å²) in [4.78, 5) is 4.84. The largest absolute Gasteiger partial charge is 0.354 e. The van der Waals surface area contributed by atoms with Crippen molar-refractivity contribution in [1.29, 1.82) is 0 Å². The van der Waals surface area contributed by atoms with Crippen LogP contribution in [0.15, 0.2) is 149 Å². The highest BCUT2D eigenvalue weighted by molar-refractivity contribution is 7.99. The third kappa shape index (κ3) is 4.94. The number of anilines is 5. The molecule has 0 saturated heterocycles. The highest BCUT2D eigenvalue weighted by Crippen LogP contribution is 2.43. The van der Waals surface area contributed by atoms with Gasteiger partial charge in [0.05, 0.1) is 11.4 Å². The molecular formula is C30H24N2S. The molecule has 160 valence electrons. The summed E-state index contributed by atoms with van der Waals surface area (Å²) in [6.07, 6.45) is 0. The van der Waals surface area contributed by atoms with Crippen molar-refractivity contribution in [1.82, 2.24) is 0 Å². The number of fused-ring (bicyclic) bond motifs is 2. The lowest BCUT2D eigenvalue weighted by Crippen LogP contribution is -2.09. The minimum atomic E-state index is 1.17. The van der Waals surface area contributed by atoms with E-state index in [1.54, 1.807) is 0 Å². The van der Waals surface area contributed by atoms with Crippen LogP contribution in [0.25, 0.3) is 0 Å². The molecule has 0 saturated carbocycles. The maximum atomic E-state index is 3.42. The molecule has 0 bridgehead atoms. The number of benzene rings is 5. The first kappa shape index (κ1) is 20.9. The minimum Gasteiger partial charge on any atom is -0.354 e. The summed E-state index contributed by atoms with van der Waals surface area (Å²) >= 11 is 1.82. The van der Waals surface area contributed by atoms with Gasteiger partial charge in [0.1, 0.15) is 0 Å². The molecule has 1 aliphatic rings. The van der Waals surface area contributed by atoms with Gasteiger partial charge in [0.2, 0.25) is 0 Å².